The van der Waals surface area contributed by atoms with Gasteiger partial charge in [0.1, 0.15) is 0 Å². The zero-order chi connectivity index (χ0) is 17.5. The highest BCUT2D eigenvalue weighted by atomic mass is 127. The number of halogens is 1. The van der Waals surface area contributed by atoms with Gasteiger partial charge in [-0.15, -0.1) is 11.8 Å². The minimum absolute atomic E-state index is 0.0748. The molecule has 0 heterocycles. The normalized spacial score (nSPS) is 11.4. The van der Waals surface area contributed by atoms with Crippen LogP contribution in [0, 0.1) is 17.4 Å². The Bertz CT molecular complexity index is 721. The summed E-state index contributed by atoms with van der Waals surface area (Å²) in [7, 11) is 0. The summed E-state index contributed by atoms with van der Waals surface area (Å²) < 4.78 is 1.18. The lowest BCUT2D eigenvalue weighted by atomic mass is 10.1. The summed E-state index contributed by atoms with van der Waals surface area (Å²) in [4.78, 5) is 11.9. The molecule has 0 bridgehead atoms. The van der Waals surface area contributed by atoms with E-state index in [2.05, 4.69) is 65.2 Å². The minimum Gasteiger partial charge on any atom is -0.272 e. The van der Waals surface area contributed by atoms with Gasteiger partial charge in [-0.2, -0.15) is 5.10 Å². The summed E-state index contributed by atoms with van der Waals surface area (Å²) >= 11 is 3.86. The molecule has 0 aliphatic carbocycles. The molecule has 0 saturated carbocycles. The highest BCUT2D eigenvalue weighted by Crippen LogP contribution is 2.15. The van der Waals surface area contributed by atoms with E-state index >= 15 is 0 Å². The number of carbonyl (C=O) groups is 1. The molecule has 0 spiro atoms. The molecule has 2 aromatic rings. The first-order valence-electron chi connectivity index (χ1n) is 7.68. The Morgan fingerprint density at radius 3 is 2.38 bits per heavy atom. The van der Waals surface area contributed by atoms with Crippen molar-refractivity contribution < 1.29 is 4.79 Å². The van der Waals surface area contributed by atoms with Crippen molar-refractivity contribution in [2.45, 2.75) is 26.5 Å². The van der Waals surface area contributed by atoms with Crippen LogP contribution in [0.1, 0.15) is 29.2 Å². The Balaban J connectivity index is 1.80. The van der Waals surface area contributed by atoms with Crippen LogP contribution in [-0.2, 0) is 10.5 Å². The highest BCUT2D eigenvalue weighted by Gasteiger charge is 2.03. The Hall–Kier alpha value is -1.34. The number of hydrogen-bond acceptors (Lipinski definition) is 3. The lowest BCUT2D eigenvalue weighted by Crippen LogP contribution is -2.21. The van der Waals surface area contributed by atoms with Gasteiger partial charge in [0.05, 0.1) is 11.5 Å². The van der Waals surface area contributed by atoms with Crippen molar-refractivity contribution in [3.05, 3.63) is 68.3 Å². The molecule has 0 saturated heterocycles. The molecule has 0 fully saturated rings. The molecular weight excluding hydrogens is 431 g/mol. The van der Waals surface area contributed by atoms with Gasteiger partial charge < -0.3 is 0 Å². The van der Waals surface area contributed by atoms with Crippen LogP contribution in [0.2, 0.25) is 0 Å². The summed E-state index contributed by atoms with van der Waals surface area (Å²) in [6.45, 7) is 6.08. The van der Waals surface area contributed by atoms with Crippen molar-refractivity contribution in [2.75, 3.05) is 5.75 Å². The third-order valence-electron chi connectivity index (χ3n) is 3.39. The number of carbonyl (C=O) groups excluding carboxylic acids is 1. The average molecular weight is 452 g/mol. The maximum absolute atomic E-state index is 11.9. The van der Waals surface area contributed by atoms with Gasteiger partial charge in [-0.05, 0) is 66.6 Å². The molecule has 2 aromatic carbocycles. The van der Waals surface area contributed by atoms with Crippen LogP contribution in [0.5, 0.6) is 0 Å². The van der Waals surface area contributed by atoms with Gasteiger partial charge in [-0.25, -0.2) is 5.43 Å². The fourth-order valence-electron chi connectivity index (χ4n) is 2.35. The van der Waals surface area contributed by atoms with Crippen LogP contribution in [0.25, 0.3) is 0 Å². The molecule has 1 amide bonds. The van der Waals surface area contributed by atoms with Crippen molar-refractivity contribution in [2.24, 2.45) is 5.10 Å². The number of rotatable bonds is 6. The SMILES string of the molecule is C/C(=N\NC(=O)CSCc1cc(C)cc(C)c1)c1ccc(I)cc1. The Morgan fingerprint density at radius 2 is 1.75 bits per heavy atom. The summed E-state index contributed by atoms with van der Waals surface area (Å²) in [5.41, 5.74) is 8.22. The molecule has 0 aliphatic heterocycles. The monoisotopic (exact) mass is 452 g/mol. The van der Waals surface area contributed by atoms with Crippen LogP contribution in [0.4, 0.5) is 0 Å². The number of hydrazone groups is 1. The molecule has 0 radical (unpaired) electrons. The van der Waals surface area contributed by atoms with Gasteiger partial charge in [0, 0.05) is 9.32 Å². The van der Waals surface area contributed by atoms with Gasteiger partial charge in [-0.3, -0.25) is 4.79 Å². The van der Waals surface area contributed by atoms with Crippen molar-refractivity contribution in [1.82, 2.24) is 5.43 Å². The molecule has 126 valence electrons. The summed E-state index contributed by atoms with van der Waals surface area (Å²) in [6, 6.07) is 14.5. The van der Waals surface area contributed by atoms with Crippen molar-refractivity contribution in [3.63, 3.8) is 0 Å². The van der Waals surface area contributed by atoms with Crippen LogP contribution >= 0.6 is 34.4 Å². The van der Waals surface area contributed by atoms with E-state index in [9.17, 15) is 4.79 Å². The van der Waals surface area contributed by atoms with E-state index in [0.717, 1.165) is 17.0 Å². The van der Waals surface area contributed by atoms with Crippen LogP contribution in [-0.4, -0.2) is 17.4 Å². The quantitative estimate of drug-likeness (QED) is 0.393. The van der Waals surface area contributed by atoms with E-state index in [1.807, 2.05) is 31.2 Å². The molecule has 2 rings (SSSR count). The lowest BCUT2D eigenvalue weighted by molar-refractivity contribution is -0.118. The van der Waals surface area contributed by atoms with Gasteiger partial charge in [0.25, 0.3) is 0 Å². The minimum atomic E-state index is -0.0748. The number of nitrogens with one attached hydrogen (secondary N) is 1. The average Bonchev–Trinajstić information content (AvgIpc) is 2.52. The van der Waals surface area contributed by atoms with E-state index < -0.39 is 0 Å². The second kappa shape index (κ2) is 9.22. The lowest BCUT2D eigenvalue weighted by Gasteiger charge is -2.05. The Kier molecular flexibility index (Phi) is 7.30. The van der Waals surface area contributed by atoms with Crippen molar-refractivity contribution >= 4 is 46.0 Å². The van der Waals surface area contributed by atoms with Crippen LogP contribution < -0.4 is 5.43 Å². The number of hydrogen-bond donors (Lipinski definition) is 1. The molecule has 0 unspecified atom stereocenters. The fraction of sp³-hybridized carbons (Fsp3) is 0.263. The van der Waals surface area contributed by atoms with E-state index in [-0.39, 0.29) is 5.91 Å². The van der Waals surface area contributed by atoms with E-state index in [4.69, 9.17) is 0 Å². The summed E-state index contributed by atoms with van der Waals surface area (Å²) in [5, 5.41) is 4.18. The van der Waals surface area contributed by atoms with Gasteiger partial charge in [-0.1, -0.05) is 41.5 Å². The predicted molar refractivity (Wildman–Crippen MR) is 112 cm³/mol. The molecule has 0 aromatic heterocycles. The fourth-order valence-corrected chi connectivity index (χ4v) is 3.46. The second-order valence-corrected chi connectivity index (χ2v) is 7.96. The van der Waals surface area contributed by atoms with E-state index in [0.29, 0.717) is 5.75 Å². The predicted octanol–water partition coefficient (Wildman–Crippen LogP) is 4.68. The first kappa shape index (κ1) is 19.0. The summed E-state index contributed by atoms with van der Waals surface area (Å²) in [5.74, 6) is 1.15. The molecular formula is C19H21IN2OS. The first-order valence-corrected chi connectivity index (χ1v) is 9.91. The van der Waals surface area contributed by atoms with Crippen LogP contribution in [0.3, 0.4) is 0 Å². The van der Waals surface area contributed by atoms with Crippen LogP contribution in [0.15, 0.2) is 47.6 Å². The van der Waals surface area contributed by atoms with E-state index in [1.165, 1.54) is 20.3 Å². The third kappa shape index (κ3) is 6.28. The third-order valence-corrected chi connectivity index (χ3v) is 5.12. The number of benzene rings is 2. The highest BCUT2D eigenvalue weighted by molar-refractivity contribution is 14.1. The molecule has 24 heavy (non-hydrogen) atoms. The van der Waals surface area contributed by atoms with Gasteiger partial charge in [0.2, 0.25) is 5.91 Å². The van der Waals surface area contributed by atoms with Crippen molar-refractivity contribution in [1.29, 1.82) is 0 Å². The topological polar surface area (TPSA) is 41.5 Å². The zero-order valence-corrected chi connectivity index (χ0v) is 17.1. The number of thioether (sulfide) groups is 1. The van der Waals surface area contributed by atoms with Crippen molar-refractivity contribution in [3.8, 4) is 0 Å². The molecule has 5 heteroatoms. The zero-order valence-electron chi connectivity index (χ0n) is 14.1. The maximum Gasteiger partial charge on any atom is 0.250 e. The maximum atomic E-state index is 11.9. The smallest absolute Gasteiger partial charge is 0.250 e. The Morgan fingerprint density at radius 1 is 1.12 bits per heavy atom. The number of aryl methyl sites for hydroxylation is 2. The number of nitrogens with zero attached hydrogens (tertiary/aromatic N) is 1. The Labute approximate surface area is 161 Å². The van der Waals surface area contributed by atoms with Gasteiger partial charge in [0.15, 0.2) is 0 Å². The molecule has 0 atom stereocenters. The van der Waals surface area contributed by atoms with Gasteiger partial charge >= 0.3 is 0 Å². The molecule has 0 aliphatic rings. The number of amides is 1. The van der Waals surface area contributed by atoms with E-state index in [1.54, 1.807) is 11.8 Å². The molecule has 3 nitrogen and oxygen atoms in total. The summed E-state index contributed by atoms with van der Waals surface area (Å²) in [6.07, 6.45) is 0. The second-order valence-electron chi connectivity index (χ2n) is 5.73. The largest absolute Gasteiger partial charge is 0.272 e. The first-order chi connectivity index (χ1) is 11.4. The molecule has 1 N–H and O–H groups in total. The standard InChI is InChI=1S/C19H21IN2OS/c1-13-8-14(2)10-16(9-13)11-24-12-19(23)22-21-15(3)17-4-6-18(20)7-5-17/h4-10H,11-12H2,1-3H3,(H,22,23)/b21-15+.